The molecular weight excluding hydrogens is 324 g/mol. The lowest BCUT2D eigenvalue weighted by molar-refractivity contribution is 0.0706. The quantitative estimate of drug-likeness (QED) is 0.782. The van der Waals surface area contributed by atoms with Crippen molar-refractivity contribution < 1.29 is 13.6 Å². The third-order valence-electron chi connectivity index (χ3n) is 4.34. The van der Waals surface area contributed by atoms with Crippen molar-refractivity contribution in [3.8, 4) is 11.7 Å². The Bertz CT molecular complexity index is 900. The van der Waals surface area contributed by atoms with Crippen LogP contribution in [-0.4, -0.2) is 39.1 Å². The van der Waals surface area contributed by atoms with Crippen LogP contribution >= 0.6 is 0 Å². The van der Waals surface area contributed by atoms with Gasteiger partial charge in [-0.1, -0.05) is 0 Å². The Balaban J connectivity index is 1.40. The molecule has 1 fully saturated rings. The van der Waals surface area contributed by atoms with Crippen LogP contribution in [0.2, 0.25) is 0 Å². The summed E-state index contributed by atoms with van der Waals surface area (Å²) in [4.78, 5) is 27.8. The minimum absolute atomic E-state index is 0.0866. The zero-order valence-corrected chi connectivity index (χ0v) is 13.3. The summed E-state index contributed by atoms with van der Waals surface area (Å²) in [6, 6.07) is 6.43. The number of piperidine rings is 1. The van der Waals surface area contributed by atoms with Gasteiger partial charge in [-0.3, -0.25) is 9.59 Å². The Morgan fingerprint density at radius 3 is 2.72 bits per heavy atom. The van der Waals surface area contributed by atoms with Gasteiger partial charge < -0.3 is 18.7 Å². The van der Waals surface area contributed by atoms with Gasteiger partial charge in [-0.25, -0.2) is 0 Å². The van der Waals surface area contributed by atoms with Crippen molar-refractivity contribution in [2.45, 2.75) is 18.8 Å². The molecule has 1 aliphatic rings. The van der Waals surface area contributed by atoms with Gasteiger partial charge in [-0.15, -0.1) is 10.2 Å². The van der Waals surface area contributed by atoms with Crippen LogP contribution in [0.4, 0.5) is 0 Å². The maximum Gasteiger partial charge on any atom is 0.283 e. The number of aromatic amines is 1. The first-order valence-corrected chi connectivity index (χ1v) is 8.06. The van der Waals surface area contributed by atoms with E-state index in [-0.39, 0.29) is 17.4 Å². The van der Waals surface area contributed by atoms with E-state index in [9.17, 15) is 9.59 Å². The molecule has 0 unspecified atom stereocenters. The topological polar surface area (TPSA) is 105 Å². The molecule has 1 saturated heterocycles. The molecule has 0 atom stereocenters. The van der Waals surface area contributed by atoms with Gasteiger partial charge >= 0.3 is 0 Å². The zero-order chi connectivity index (χ0) is 17.2. The standard InChI is InChI=1S/C17H16N4O4/c22-14-4-3-12(10-18-14)17(23)21-7-5-11(6-8-21)15-19-20-16(25-15)13-2-1-9-24-13/h1-4,9-11H,5-8H2,(H,18,22). The molecule has 25 heavy (non-hydrogen) atoms. The van der Waals surface area contributed by atoms with Gasteiger partial charge in [0.15, 0.2) is 5.76 Å². The molecule has 0 spiro atoms. The van der Waals surface area contributed by atoms with Crippen molar-refractivity contribution in [3.63, 3.8) is 0 Å². The highest BCUT2D eigenvalue weighted by Gasteiger charge is 2.28. The molecule has 0 radical (unpaired) electrons. The highest BCUT2D eigenvalue weighted by Crippen LogP contribution is 2.29. The van der Waals surface area contributed by atoms with E-state index in [1.54, 1.807) is 29.4 Å². The predicted molar refractivity (Wildman–Crippen MR) is 86.9 cm³/mol. The van der Waals surface area contributed by atoms with Gasteiger partial charge in [-0.05, 0) is 31.0 Å². The number of nitrogens with zero attached hydrogens (tertiary/aromatic N) is 3. The number of hydrogen-bond acceptors (Lipinski definition) is 6. The molecule has 1 aliphatic heterocycles. The van der Waals surface area contributed by atoms with Gasteiger partial charge in [0.05, 0.1) is 11.8 Å². The van der Waals surface area contributed by atoms with Crippen LogP contribution in [0, 0.1) is 0 Å². The Kier molecular flexibility index (Phi) is 3.93. The van der Waals surface area contributed by atoms with Crippen LogP contribution in [-0.2, 0) is 0 Å². The second-order valence-corrected chi connectivity index (χ2v) is 5.93. The number of rotatable bonds is 3. The number of H-pyrrole nitrogens is 1. The first-order valence-electron chi connectivity index (χ1n) is 8.06. The molecule has 1 amide bonds. The molecule has 3 aromatic heterocycles. The van der Waals surface area contributed by atoms with Gasteiger partial charge in [-0.2, -0.15) is 0 Å². The summed E-state index contributed by atoms with van der Waals surface area (Å²) < 4.78 is 11.0. The Labute approximate surface area is 142 Å². The molecule has 0 aromatic carbocycles. The number of furan rings is 1. The summed E-state index contributed by atoms with van der Waals surface area (Å²) in [6.07, 6.45) is 4.49. The predicted octanol–water partition coefficient (Wildman–Crippen LogP) is 2.04. The number of hydrogen-bond donors (Lipinski definition) is 1. The fraction of sp³-hybridized carbons (Fsp3) is 0.294. The smallest absolute Gasteiger partial charge is 0.283 e. The second kappa shape index (κ2) is 6.39. The van der Waals surface area contributed by atoms with Crippen LogP contribution in [0.5, 0.6) is 0 Å². The molecule has 1 N–H and O–H groups in total. The lowest BCUT2D eigenvalue weighted by Crippen LogP contribution is -2.38. The normalized spacial score (nSPS) is 15.4. The molecule has 3 aromatic rings. The fourth-order valence-corrected chi connectivity index (χ4v) is 2.96. The Hall–Kier alpha value is -3.16. The average Bonchev–Trinajstić information content (AvgIpc) is 3.33. The molecule has 0 aliphatic carbocycles. The average molecular weight is 340 g/mol. The van der Waals surface area contributed by atoms with Gasteiger partial charge in [0.1, 0.15) is 0 Å². The third kappa shape index (κ3) is 3.10. The minimum Gasteiger partial charge on any atom is -0.459 e. The van der Waals surface area contributed by atoms with Gasteiger partial charge in [0.2, 0.25) is 11.4 Å². The van der Waals surface area contributed by atoms with Crippen molar-refractivity contribution >= 4 is 5.91 Å². The molecular formula is C17H16N4O4. The Morgan fingerprint density at radius 1 is 1.20 bits per heavy atom. The van der Waals surface area contributed by atoms with Crippen LogP contribution in [0.15, 0.2) is 50.4 Å². The van der Waals surface area contributed by atoms with Crippen molar-refractivity contribution in [3.05, 3.63) is 58.5 Å². The second-order valence-electron chi connectivity index (χ2n) is 5.93. The van der Waals surface area contributed by atoms with E-state index in [0.717, 1.165) is 12.8 Å². The molecule has 8 heteroatoms. The van der Waals surface area contributed by atoms with Gasteiger partial charge in [0.25, 0.3) is 11.8 Å². The number of amides is 1. The van der Waals surface area contributed by atoms with E-state index in [1.807, 2.05) is 0 Å². The summed E-state index contributed by atoms with van der Waals surface area (Å²) >= 11 is 0. The molecule has 8 nitrogen and oxygen atoms in total. The SMILES string of the molecule is O=C(c1ccc(=O)[nH]c1)N1CCC(c2nnc(-c3ccco3)o2)CC1. The highest BCUT2D eigenvalue weighted by atomic mass is 16.4. The van der Waals surface area contributed by atoms with E-state index < -0.39 is 0 Å². The van der Waals surface area contributed by atoms with Crippen LogP contribution in [0.1, 0.15) is 35.0 Å². The van der Waals surface area contributed by atoms with Crippen molar-refractivity contribution in [2.75, 3.05) is 13.1 Å². The summed E-state index contributed by atoms with van der Waals surface area (Å²) in [5.74, 6) is 1.52. The van der Waals surface area contributed by atoms with E-state index in [1.165, 1.54) is 12.3 Å². The number of nitrogens with one attached hydrogen (secondary N) is 1. The monoisotopic (exact) mass is 340 g/mol. The van der Waals surface area contributed by atoms with Gasteiger partial charge in [0, 0.05) is 31.3 Å². The first-order chi connectivity index (χ1) is 12.2. The van der Waals surface area contributed by atoms with E-state index in [4.69, 9.17) is 8.83 Å². The molecule has 4 rings (SSSR count). The highest BCUT2D eigenvalue weighted by molar-refractivity contribution is 5.93. The van der Waals surface area contributed by atoms with E-state index >= 15 is 0 Å². The molecule has 4 heterocycles. The summed E-state index contributed by atoms with van der Waals surface area (Å²) in [5, 5.41) is 8.13. The number of carbonyl (C=O) groups excluding carboxylic acids is 1. The summed E-state index contributed by atoms with van der Waals surface area (Å²) in [6.45, 7) is 1.20. The number of likely N-dealkylation sites (tertiary alicyclic amines) is 1. The first kappa shape index (κ1) is 15.4. The zero-order valence-electron chi connectivity index (χ0n) is 13.3. The van der Waals surface area contributed by atoms with Crippen molar-refractivity contribution in [2.24, 2.45) is 0 Å². The number of carbonyl (C=O) groups is 1. The summed E-state index contributed by atoms with van der Waals surface area (Å²) in [7, 11) is 0. The maximum atomic E-state index is 12.5. The van der Waals surface area contributed by atoms with Crippen LogP contribution in [0.25, 0.3) is 11.7 Å². The van der Waals surface area contributed by atoms with Crippen molar-refractivity contribution in [1.29, 1.82) is 0 Å². The lowest BCUT2D eigenvalue weighted by Gasteiger charge is -2.30. The molecule has 0 saturated carbocycles. The maximum absolute atomic E-state index is 12.5. The number of pyridine rings is 1. The van der Waals surface area contributed by atoms with Crippen LogP contribution in [0.3, 0.4) is 0 Å². The number of aromatic nitrogens is 3. The molecule has 128 valence electrons. The Morgan fingerprint density at radius 2 is 2.04 bits per heavy atom. The van der Waals surface area contributed by atoms with Crippen molar-refractivity contribution in [1.82, 2.24) is 20.1 Å². The van der Waals surface area contributed by atoms with E-state index in [0.29, 0.717) is 36.2 Å². The van der Waals surface area contributed by atoms with E-state index in [2.05, 4.69) is 15.2 Å². The third-order valence-corrected chi connectivity index (χ3v) is 4.34. The minimum atomic E-state index is -0.223. The largest absolute Gasteiger partial charge is 0.459 e. The van der Waals surface area contributed by atoms with Crippen LogP contribution < -0.4 is 5.56 Å². The fourth-order valence-electron chi connectivity index (χ4n) is 2.96. The lowest BCUT2D eigenvalue weighted by atomic mass is 9.96. The summed E-state index contributed by atoms with van der Waals surface area (Å²) in [5.41, 5.74) is 0.259. The molecule has 0 bridgehead atoms.